The molecule has 0 radical (unpaired) electrons. The van der Waals surface area contributed by atoms with Crippen molar-refractivity contribution >= 4 is 5.97 Å². The molecule has 1 rings (SSSR count). The lowest BCUT2D eigenvalue weighted by atomic mass is 10.1. The van der Waals surface area contributed by atoms with Crippen molar-refractivity contribution in [1.29, 1.82) is 0 Å². The number of hydrogen-bond acceptors (Lipinski definition) is 3. The van der Waals surface area contributed by atoms with Gasteiger partial charge in [0, 0.05) is 0 Å². The summed E-state index contributed by atoms with van der Waals surface area (Å²) in [5, 5.41) is 9.15. The third-order valence-corrected chi connectivity index (χ3v) is 1.88. The third-order valence-electron chi connectivity index (χ3n) is 1.88. The highest BCUT2D eigenvalue weighted by molar-refractivity contribution is 5.89. The summed E-state index contributed by atoms with van der Waals surface area (Å²) in [6.45, 7) is 1.52. The zero-order chi connectivity index (χ0) is 10.7. The molecule has 1 aromatic carbocycles. The van der Waals surface area contributed by atoms with Gasteiger partial charge < -0.3 is 9.84 Å². The molecule has 1 unspecified atom stereocenters. The normalized spacial score (nSPS) is 12.3. The summed E-state index contributed by atoms with van der Waals surface area (Å²) >= 11 is 0. The number of carbonyl (C=O) groups excluding carboxylic acids is 1. The quantitative estimate of drug-likeness (QED) is 0.735. The van der Waals surface area contributed by atoms with Gasteiger partial charge in [0.1, 0.15) is 5.82 Å². The number of halogens is 1. The molecule has 0 saturated heterocycles. The van der Waals surface area contributed by atoms with E-state index in [1.165, 1.54) is 26.2 Å². The molecule has 4 heteroatoms. The second-order valence-corrected chi connectivity index (χ2v) is 2.91. The number of aliphatic hydroxyl groups is 1. The highest BCUT2D eigenvalue weighted by Crippen LogP contribution is 2.16. The fourth-order valence-corrected chi connectivity index (χ4v) is 1.07. The van der Waals surface area contributed by atoms with Crippen LogP contribution in [0.15, 0.2) is 18.2 Å². The van der Waals surface area contributed by atoms with E-state index in [4.69, 9.17) is 5.11 Å². The summed E-state index contributed by atoms with van der Waals surface area (Å²) in [6.07, 6.45) is -0.754. The molecule has 1 atom stereocenters. The lowest BCUT2D eigenvalue weighted by molar-refractivity contribution is 0.0595. The van der Waals surface area contributed by atoms with Crippen LogP contribution in [0.5, 0.6) is 0 Å². The minimum absolute atomic E-state index is 0.128. The maximum Gasteiger partial charge on any atom is 0.340 e. The number of benzene rings is 1. The van der Waals surface area contributed by atoms with Crippen molar-refractivity contribution in [3.63, 3.8) is 0 Å². The van der Waals surface area contributed by atoms with Crippen LogP contribution in [0.2, 0.25) is 0 Å². The van der Waals surface area contributed by atoms with Crippen molar-refractivity contribution in [2.24, 2.45) is 0 Å². The summed E-state index contributed by atoms with van der Waals surface area (Å²) in [5.41, 5.74) is 0.298. The first kappa shape index (κ1) is 10.7. The molecule has 0 aliphatic heterocycles. The Labute approximate surface area is 81.1 Å². The average molecular weight is 198 g/mol. The van der Waals surface area contributed by atoms with E-state index in [2.05, 4.69) is 4.74 Å². The number of hydrogen-bond donors (Lipinski definition) is 1. The Hall–Kier alpha value is -1.42. The van der Waals surface area contributed by atoms with Crippen LogP contribution in [-0.2, 0) is 4.74 Å². The Balaban J connectivity index is 3.07. The number of aliphatic hydroxyl groups excluding tert-OH is 1. The molecule has 1 N–H and O–H groups in total. The first-order chi connectivity index (χ1) is 6.56. The fraction of sp³-hybridized carbons (Fsp3) is 0.300. The monoisotopic (exact) mass is 198 g/mol. The van der Waals surface area contributed by atoms with Crippen molar-refractivity contribution in [3.8, 4) is 0 Å². The summed E-state index contributed by atoms with van der Waals surface area (Å²) < 4.78 is 17.6. The van der Waals surface area contributed by atoms with E-state index in [1.54, 1.807) is 0 Å². The lowest BCUT2D eigenvalue weighted by Gasteiger charge is -2.06. The molecular formula is C10H11FO3. The van der Waals surface area contributed by atoms with E-state index >= 15 is 0 Å². The predicted molar refractivity (Wildman–Crippen MR) is 48.4 cm³/mol. The van der Waals surface area contributed by atoms with Crippen LogP contribution in [-0.4, -0.2) is 18.2 Å². The van der Waals surface area contributed by atoms with Gasteiger partial charge in [-0.05, 0) is 24.6 Å². The number of methoxy groups -OCH3 is 1. The zero-order valence-electron chi connectivity index (χ0n) is 7.95. The molecule has 14 heavy (non-hydrogen) atoms. The minimum Gasteiger partial charge on any atom is -0.465 e. The molecule has 0 aromatic heterocycles. The second-order valence-electron chi connectivity index (χ2n) is 2.91. The summed E-state index contributed by atoms with van der Waals surface area (Å²) in [4.78, 5) is 11.0. The van der Waals surface area contributed by atoms with Gasteiger partial charge in [-0.3, -0.25) is 0 Å². The molecule has 76 valence electrons. The maximum atomic E-state index is 13.2. The van der Waals surface area contributed by atoms with Crippen molar-refractivity contribution in [1.82, 2.24) is 0 Å². The first-order valence-electron chi connectivity index (χ1n) is 4.12. The summed E-state index contributed by atoms with van der Waals surface area (Å²) in [7, 11) is 1.18. The molecule has 0 fully saturated rings. The van der Waals surface area contributed by atoms with E-state index in [9.17, 15) is 9.18 Å². The van der Waals surface area contributed by atoms with Crippen LogP contribution < -0.4 is 0 Å². The number of carbonyl (C=O) groups is 1. The molecule has 3 nitrogen and oxygen atoms in total. The molecule has 0 amide bonds. The number of ether oxygens (including phenoxy) is 1. The van der Waals surface area contributed by atoms with Crippen molar-refractivity contribution in [2.75, 3.05) is 7.11 Å². The molecule has 0 saturated carbocycles. The van der Waals surface area contributed by atoms with E-state index < -0.39 is 17.9 Å². The van der Waals surface area contributed by atoms with Crippen LogP contribution in [0.25, 0.3) is 0 Å². The van der Waals surface area contributed by atoms with Gasteiger partial charge in [-0.1, -0.05) is 6.07 Å². The molecule has 0 bridgehead atoms. The smallest absolute Gasteiger partial charge is 0.340 e. The standard InChI is InChI=1S/C10H11FO3/c1-6(12)7-3-4-8(9(11)5-7)10(13)14-2/h3-6,12H,1-2H3. The maximum absolute atomic E-state index is 13.2. The van der Waals surface area contributed by atoms with Crippen molar-refractivity contribution in [3.05, 3.63) is 35.1 Å². The zero-order valence-corrected chi connectivity index (χ0v) is 7.95. The van der Waals surface area contributed by atoms with Gasteiger partial charge in [-0.2, -0.15) is 0 Å². The molecule has 1 aromatic rings. The minimum atomic E-state index is -0.754. The lowest BCUT2D eigenvalue weighted by Crippen LogP contribution is -2.05. The SMILES string of the molecule is COC(=O)c1ccc(C(C)O)cc1F. The fourth-order valence-electron chi connectivity index (χ4n) is 1.07. The highest BCUT2D eigenvalue weighted by atomic mass is 19.1. The number of rotatable bonds is 2. The largest absolute Gasteiger partial charge is 0.465 e. The van der Waals surface area contributed by atoms with Crippen LogP contribution in [0.1, 0.15) is 28.9 Å². The number of esters is 1. The predicted octanol–water partition coefficient (Wildman–Crippen LogP) is 1.67. The van der Waals surface area contributed by atoms with E-state index in [0.717, 1.165) is 6.07 Å². The average Bonchev–Trinajstić information content (AvgIpc) is 2.16. The van der Waals surface area contributed by atoms with Gasteiger partial charge in [-0.15, -0.1) is 0 Å². The van der Waals surface area contributed by atoms with Gasteiger partial charge in [0.25, 0.3) is 0 Å². The summed E-state index contributed by atoms with van der Waals surface area (Å²) in [5.74, 6) is -1.41. The third kappa shape index (κ3) is 2.09. The van der Waals surface area contributed by atoms with E-state index in [0.29, 0.717) is 5.56 Å². The Bertz CT molecular complexity index is 347. The van der Waals surface area contributed by atoms with Gasteiger partial charge in [0.15, 0.2) is 0 Å². The van der Waals surface area contributed by atoms with Gasteiger partial charge in [0.2, 0.25) is 0 Å². The summed E-state index contributed by atoms with van der Waals surface area (Å²) in [6, 6.07) is 3.90. The second kappa shape index (κ2) is 4.19. The molecular weight excluding hydrogens is 187 g/mol. The molecule has 0 spiro atoms. The Morgan fingerprint density at radius 2 is 2.21 bits per heavy atom. The Kier molecular flexibility index (Phi) is 3.19. The van der Waals surface area contributed by atoms with Crippen LogP contribution in [0, 0.1) is 5.82 Å². The highest BCUT2D eigenvalue weighted by Gasteiger charge is 2.13. The molecule has 0 heterocycles. The van der Waals surface area contributed by atoms with Crippen LogP contribution in [0.4, 0.5) is 4.39 Å². The molecule has 0 aliphatic carbocycles. The Morgan fingerprint density at radius 1 is 1.57 bits per heavy atom. The van der Waals surface area contributed by atoms with Crippen molar-refractivity contribution < 1.29 is 19.0 Å². The van der Waals surface area contributed by atoms with Crippen LogP contribution in [0.3, 0.4) is 0 Å². The Morgan fingerprint density at radius 3 is 2.64 bits per heavy atom. The first-order valence-corrected chi connectivity index (χ1v) is 4.12. The van der Waals surface area contributed by atoms with Crippen LogP contribution >= 0.6 is 0 Å². The molecule has 0 aliphatic rings. The van der Waals surface area contributed by atoms with E-state index in [-0.39, 0.29) is 5.56 Å². The van der Waals surface area contributed by atoms with Gasteiger partial charge >= 0.3 is 5.97 Å². The van der Waals surface area contributed by atoms with Gasteiger partial charge in [0.05, 0.1) is 18.8 Å². The van der Waals surface area contributed by atoms with Gasteiger partial charge in [-0.25, -0.2) is 9.18 Å². The van der Waals surface area contributed by atoms with E-state index in [1.807, 2.05) is 0 Å². The topological polar surface area (TPSA) is 46.5 Å². The van der Waals surface area contributed by atoms with Crippen molar-refractivity contribution in [2.45, 2.75) is 13.0 Å².